The van der Waals surface area contributed by atoms with Crippen molar-refractivity contribution in [1.29, 1.82) is 0 Å². The number of rotatable bonds is 29. The van der Waals surface area contributed by atoms with E-state index < -0.39 is 0 Å². The van der Waals surface area contributed by atoms with Gasteiger partial charge in [0.2, 0.25) is 0 Å². The van der Waals surface area contributed by atoms with Crippen LogP contribution in [-0.4, -0.2) is 11.6 Å². The molecule has 1 aliphatic carbocycles. The van der Waals surface area contributed by atoms with E-state index in [1.54, 1.807) is 34.0 Å². The summed E-state index contributed by atoms with van der Waals surface area (Å²) in [6, 6.07) is 21.5. The molecule has 8 aromatic heterocycles. The standard InChI is InChI=1S/C70H84O2S8/c1-11-19-23-43(15-5)35-48-27-29-53(75-48)59-50-34-42(10)74-68(50)60(54-30-28-49(76-54)36-44(16-6)24-20-12-2)51-39-56(79-69(51)59)52-31-32-55(77-52)70-64-63(67(80-70)47-33-41(9)73-40-47)65(71)61-57(37-45(17-7)25-21-13-3)78-58(62(61)66(64)72)38-46(18-8)26-22-14-4/h27-34,39-40,43-46H,11-26,35-38H2,1-10H3. The molecule has 1 aromatic carbocycles. The highest BCUT2D eigenvalue weighted by atomic mass is 32.1. The van der Waals surface area contributed by atoms with Crippen LogP contribution in [-0.2, 0) is 25.7 Å². The lowest BCUT2D eigenvalue weighted by Crippen LogP contribution is -2.22. The molecule has 0 spiro atoms. The van der Waals surface area contributed by atoms with Crippen molar-refractivity contribution in [2.75, 3.05) is 0 Å². The summed E-state index contributed by atoms with van der Waals surface area (Å²) in [4.78, 5) is 47.7. The Morgan fingerprint density at radius 3 is 1.34 bits per heavy atom. The molecule has 0 amide bonds. The number of hydrogen-bond donors (Lipinski definition) is 0. The van der Waals surface area contributed by atoms with Crippen LogP contribution in [0.2, 0.25) is 0 Å². The molecule has 0 aliphatic heterocycles. The molecule has 424 valence electrons. The quantitative estimate of drug-likeness (QED) is 0.0468. The molecule has 0 saturated heterocycles. The Kier molecular flexibility index (Phi) is 20.3. The van der Waals surface area contributed by atoms with Gasteiger partial charge in [-0.3, -0.25) is 9.59 Å². The monoisotopic (exact) mass is 1210 g/mol. The van der Waals surface area contributed by atoms with E-state index in [2.05, 4.69) is 129 Å². The molecule has 10 heteroatoms. The minimum Gasteiger partial charge on any atom is -0.288 e. The van der Waals surface area contributed by atoms with Gasteiger partial charge in [-0.05, 0) is 123 Å². The molecule has 4 atom stereocenters. The molecule has 9 aromatic rings. The first-order valence-corrected chi connectivity index (χ1v) is 37.3. The maximum absolute atomic E-state index is 15.9. The first kappa shape index (κ1) is 59.8. The Morgan fingerprint density at radius 2 is 0.850 bits per heavy atom. The van der Waals surface area contributed by atoms with E-state index in [0.717, 1.165) is 98.9 Å². The maximum atomic E-state index is 15.9. The highest BCUT2D eigenvalue weighted by Gasteiger charge is 2.42. The van der Waals surface area contributed by atoms with E-state index in [0.29, 0.717) is 34.8 Å². The number of unbranched alkanes of at least 4 members (excludes halogenated alkanes) is 4. The summed E-state index contributed by atoms with van der Waals surface area (Å²) < 4.78 is 2.77. The van der Waals surface area contributed by atoms with E-state index in [-0.39, 0.29) is 11.6 Å². The minimum absolute atomic E-state index is 0.0711. The average Bonchev–Trinajstić information content (AvgIpc) is 3.03. The summed E-state index contributed by atoms with van der Waals surface area (Å²) >= 11 is 14.9. The van der Waals surface area contributed by atoms with E-state index in [9.17, 15) is 0 Å². The zero-order valence-electron chi connectivity index (χ0n) is 49.3. The second kappa shape index (κ2) is 27.2. The van der Waals surface area contributed by atoms with Crippen molar-refractivity contribution >= 4 is 122 Å². The molecular weight excluding hydrogens is 1130 g/mol. The van der Waals surface area contributed by atoms with E-state index >= 15 is 9.59 Å². The zero-order chi connectivity index (χ0) is 56.2. The van der Waals surface area contributed by atoms with Crippen LogP contribution in [0.5, 0.6) is 0 Å². The molecule has 2 nitrogen and oxygen atoms in total. The first-order valence-electron chi connectivity index (χ1n) is 30.7. The lowest BCUT2D eigenvalue weighted by Gasteiger charge is -2.19. The van der Waals surface area contributed by atoms with Crippen LogP contribution in [0.3, 0.4) is 0 Å². The largest absolute Gasteiger partial charge is 0.288 e. The van der Waals surface area contributed by atoms with Crippen LogP contribution < -0.4 is 0 Å². The molecule has 10 rings (SSSR count). The van der Waals surface area contributed by atoms with Gasteiger partial charge in [-0.25, -0.2) is 0 Å². The van der Waals surface area contributed by atoms with Crippen molar-refractivity contribution in [3.63, 3.8) is 0 Å². The number of aryl methyl sites for hydroxylation is 2. The number of ketones is 2. The third-order valence-corrected chi connectivity index (χ3v) is 26.7. The summed E-state index contributed by atoms with van der Waals surface area (Å²) in [5.74, 6) is 2.56. The van der Waals surface area contributed by atoms with Gasteiger partial charge in [-0.1, -0.05) is 158 Å². The summed E-state index contributed by atoms with van der Waals surface area (Å²) in [5.41, 5.74) is 6.59. The highest BCUT2D eigenvalue weighted by molar-refractivity contribution is 7.30. The molecule has 0 N–H and O–H groups in total. The molecule has 4 unspecified atom stereocenters. The predicted octanol–water partition coefficient (Wildman–Crippen LogP) is 25.2. The number of carbonyl (C=O) groups excluding carboxylic acids is 2. The second-order valence-electron chi connectivity index (χ2n) is 23.2. The van der Waals surface area contributed by atoms with Gasteiger partial charge < -0.3 is 0 Å². The van der Waals surface area contributed by atoms with Crippen molar-refractivity contribution in [2.24, 2.45) is 23.7 Å². The smallest absolute Gasteiger partial charge is 0.197 e. The average molecular weight is 1210 g/mol. The lowest BCUT2D eigenvalue weighted by atomic mass is 9.81. The SMILES string of the molecule is CCCCC(CC)Cc1ccc(-c2c3cc(-c4ccc(-c5sc(-c6csc(C)c6)c6c5C(=O)c5c(CC(CC)CCCC)sc(CC(CC)CCCC)c5C6=O)s4)sc3c(-c3ccc(CC(CC)CCCC)s3)c3cc(C)sc23)s1. The van der Waals surface area contributed by atoms with Gasteiger partial charge in [0.15, 0.2) is 11.6 Å². The predicted molar refractivity (Wildman–Crippen MR) is 362 cm³/mol. The van der Waals surface area contributed by atoms with Crippen molar-refractivity contribution in [1.82, 2.24) is 0 Å². The fourth-order valence-corrected chi connectivity index (χ4v) is 22.2. The van der Waals surface area contributed by atoms with Gasteiger partial charge >= 0.3 is 0 Å². The van der Waals surface area contributed by atoms with Gasteiger partial charge in [0, 0.05) is 107 Å². The maximum Gasteiger partial charge on any atom is 0.197 e. The first-order chi connectivity index (χ1) is 38.9. The van der Waals surface area contributed by atoms with Crippen LogP contribution in [0, 0.1) is 37.5 Å². The lowest BCUT2D eigenvalue weighted by molar-refractivity contribution is 0.0980. The van der Waals surface area contributed by atoms with Gasteiger partial charge in [0.05, 0.1) is 16.0 Å². The van der Waals surface area contributed by atoms with Gasteiger partial charge in [0.1, 0.15) is 0 Å². The Balaban J connectivity index is 1.12. The van der Waals surface area contributed by atoms with Crippen LogP contribution in [0.25, 0.3) is 71.0 Å². The summed E-state index contributed by atoms with van der Waals surface area (Å²) in [6.07, 6.45) is 23.3. The van der Waals surface area contributed by atoms with E-state index in [4.69, 9.17) is 0 Å². The Labute approximate surface area is 511 Å². The fraction of sp³-hybridized carbons (Fsp3) is 0.486. The topological polar surface area (TPSA) is 34.1 Å². The summed E-state index contributed by atoms with van der Waals surface area (Å²) in [7, 11) is 0. The Hall–Kier alpha value is -3.32. The number of hydrogen-bond acceptors (Lipinski definition) is 10. The number of fused-ring (bicyclic) bond motifs is 4. The Bertz CT molecular complexity index is 3450. The minimum atomic E-state index is 0.0711. The number of benzene rings is 1. The third-order valence-electron chi connectivity index (χ3n) is 17.4. The van der Waals surface area contributed by atoms with Gasteiger partial charge in [0.25, 0.3) is 0 Å². The molecule has 0 radical (unpaired) electrons. The Morgan fingerprint density at radius 1 is 0.388 bits per heavy atom. The molecular formula is C70H84O2S8. The van der Waals surface area contributed by atoms with Crippen molar-refractivity contribution < 1.29 is 9.59 Å². The van der Waals surface area contributed by atoms with E-state index in [1.165, 1.54) is 141 Å². The van der Waals surface area contributed by atoms with Crippen molar-refractivity contribution in [3.05, 3.63) is 111 Å². The van der Waals surface area contributed by atoms with Crippen LogP contribution in [0.15, 0.2) is 60.0 Å². The van der Waals surface area contributed by atoms with Gasteiger partial charge in [-0.2, -0.15) is 0 Å². The van der Waals surface area contributed by atoms with Crippen LogP contribution >= 0.6 is 90.7 Å². The van der Waals surface area contributed by atoms with Crippen LogP contribution in [0.1, 0.15) is 219 Å². The second-order valence-corrected chi connectivity index (χ2v) is 32.2. The summed E-state index contributed by atoms with van der Waals surface area (Å²) in [6.45, 7) is 23.0. The highest BCUT2D eigenvalue weighted by Crippen LogP contribution is 2.56. The van der Waals surface area contributed by atoms with Gasteiger partial charge in [-0.15, -0.1) is 90.7 Å². The third kappa shape index (κ3) is 12.4. The molecule has 0 fully saturated rings. The fourth-order valence-electron chi connectivity index (χ4n) is 12.6. The van der Waals surface area contributed by atoms with Crippen LogP contribution in [0.4, 0.5) is 0 Å². The normalized spacial score (nSPS) is 14.2. The molecule has 0 bridgehead atoms. The molecule has 80 heavy (non-hydrogen) atoms. The zero-order valence-corrected chi connectivity index (χ0v) is 55.8. The molecule has 1 aliphatic rings. The van der Waals surface area contributed by atoms with Crippen molar-refractivity contribution in [2.45, 2.75) is 198 Å². The molecule has 8 heterocycles. The van der Waals surface area contributed by atoms with E-state index in [1.807, 2.05) is 56.7 Å². The molecule has 0 saturated carbocycles. The summed E-state index contributed by atoms with van der Waals surface area (Å²) in [5, 5.41) is 4.93. The van der Waals surface area contributed by atoms with Crippen molar-refractivity contribution in [3.8, 4) is 50.8 Å². The number of thiophene rings is 8. The number of carbonyl (C=O) groups is 2.